The lowest BCUT2D eigenvalue weighted by Gasteiger charge is -2.24. The molecule has 3 atom stereocenters. The van der Waals surface area contributed by atoms with Crippen LogP contribution in [0.3, 0.4) is 0 Å². The van der Waals surface area contributed by atoms with Gasteiger partial charge >= 0.3 is 5.97 Å². The molecule has 6 heteroatoms. The predicted octanol–water partition coefficient (Wildman–Crippen LogP) is 15.7. The van der Waals surface area contributed by atoms with Crippen LogP contribution in [-0.4, -0.2) is 46.9 Å². The van der Waals surface area contributed by atoms with Gasteiger partial charge in [-0.25, -0.2) is 0 Å². The summed E-state index contributed by atoms with van der Waals surface area (Å²) in [5.74, 6) is -0.487. The summed E-state index contributed by atoms with van der Waals surface area (Å²) >= 11 is 0. The molecule has 0 aliphatic rings. The number of amides is 1. The van der Waals surface area contributed by atoms with Crippen LogP contribution in [0.5, 0.6) is 0 Å². The molecule has 0 aliphatic carbocycles. The van der Waals surface area contributed by atoms with Crippen molar-refractivity contribution >= 4 is 11.9 Å². The quantitative estimate of drug-likeness (QED) is 0.0245. The van der Waals surface area contributed by atoms with Gasteiger partial charge in [0.05, 0.1) is 25.2 Å². The molecule has 0 aromatic heterocycles. The standard InChI is InChI=1S/C54H101NO5/c1-4-7-10-13-16-19-22-24-26-28-31-33-36-39-42-45-50(60-54(59)47-44-41-38-35-32-29-27-25-23-20-17-14-11-8-5-2)48-53(58)55-51(49-56)52(57)46-43-40-37-34-30-21-18-15-12-9-6-3/h17,20,23-26,50-52,56-57H,4-16,18-19,21-22,27-49H2,1-3H3,(H,55,58)/b20-17+,25-23+,26-24+. The molecule has 0 aromatic rings. The fraction of sp³-hybridized carbons (Fsp3) is 0.852. The first-order valence-electron chi connectivity index (χ1n) is 26.2. The highest BCUT2D eigenvalue weighted by molar-refractivity contribution is 5.77. The Labute approximate surface area is 373 Å². The van der Waals surface area contributed by atoms with E-state index in [0.29, 0.717) is 19.3 Å². The first-order chi connectivity index (χ1) is 29.5. The third-order valence-electron chi connectivity index (χ3n) is 12.0. The van der Waals surface area contributed by atoms with Crippen molar-refractivity contribution in [1.29, 1.82) is 0 Å². The second-order valence-electron chi connectivity index (χ2n) is 17.9. The first-order valence-corrected chi connectivity index (χ1v) is 26.2. The molecular weight excluding hydrogens is 743 g/mol. The zero-order valence-corrected chi connectivity index (χ0v) is 40.1. The maximum Gasteiger partial charge on any atom is 0.306 e. The number of aliphatic hydroxyl groups is 2. The predicted molar refractivity (Wildman–Crippen MR) is 259 cm³/mol. The minimum absolute atomic E-state index is 0.0693. The Balaban J connectivity index is 4.60. The number of allylic oxidation sites excluding steroid dienone is 6. The third kappa shape index (κ3) is 42.8. The van der Waals surface area contributed by atoms with E-state index in [2.05, 4.69) is 62.5 Å². The van der Waals surface area contributed by atoms with Gasteiger partial charge in [0.1, 0.15) is 6.10 Å². The van der Waals surface area contributed by atoms with Crippen LogP contribution in [0.2, 0.25) is 0 Å². The second kappa shape index (κ2) is 48.1. The zero-order valence-electron chi connectivity index (χ0n) is 40.1. The largest absolute Gasteiger partial charge is 0.462 e. The van der Waals surface area contributed by atoms with E-state index in [1.165, 1.54) is 154 Å². The molecule has 352 valence electrons. The van der Waals surface area contributed by atoms with Gasteiger partial charge in [0.25, 0.3) is 0 Å². The van der Waals surface area contributed by atoms with Crippen LogP contribution in [0.25, 0.3) is 0 Å². The number of rotatable bonds is 47. The van der Waals surface area contributed by atoms with Gasteiger partial charge in [-0.3, -0.25) is 9.59 Å². The van der Waals surface area contributed by atoms with Crippen LogP contribution in [0.1, 0.15) is 271 Å². The third-order valence-corrected chi connectivity index (χ3v) is 12.0. The highest BCUT2D eigenvalue weighted by atomic mass is 16.5. The molecule has 0 saturated carbocycles. The van der Waals surface area contributed by atoms with E-state index in [4.69, 9.17) is 4.74 Å². The fourth-order valence-electron chi connectivity index (χ4n) is 7.95. The van der Waals surface area contributed by atoms with Crippen molar-refractivity contribution in [1.82, 2.24) is 5.32 Å². The number of nitrogens with one attached hydrogen (secondary N) is 1. The lowest BCUT2D eigenvalue weighted by molar-refractivity contribution is -0.151. The fourth-order valence-corrected chi connectivity index (χ4v) is 7.95. The van der Waals surface area contributed by atoms with Gasteiger partial charge < -0.3 is 20.3 Å². The Hall–Kier alpha value is -1.92. The Kier molecular flexibility index (Phi) is 46.6. The van der Waals surface area contributed by atoms with Crippen molar-refractivity contribution in [2.45, 2.75) is 289 Å². The maximum atomic E-state index is 13.2. The molecule has 0 aromatic carbocycles. The van der Waals surface area contributed by atoms with Crippen molar-refractivity contribution in [3.8, 4) is 0 Å². The molecule has 0 bridgehead atoms. The molecule has 0 rings (SSSR count). The van der Waals surface area contributed by atoms with Crippen LogP contribution in [0.15, 0.2) is 36.5 Å². The number of carbonyl (C=O) groups is 2. The average Bonchev–Trinajstić information content (AvgIpc) is 3.24. The number of ether oxygens (including phenoxy) is 1. The summed E-state index contributed by atoms with van der Waals surface area (Å²) in [5.41, 5.74) is 0. The molecular formula is C54H101NO5. The van der Waals surface area contributed by atoms with Crippen LogP contribution < -0.4 is 5.32 Å². The lowest BCUT2D eigenvalue weighted by atomic mass is 10.0. The molecule has 3 unspecified atom stereocenters. The van der Waals surface area contributed by atoms with E-state index in [1.807, 2.05) is 0 Å². The van der Waals surface area contributed by atoms with E-state index < -0.39 is 18.2 Å². The number of carbonyl (C=O) groups excluding carboxylic acids is 2. The average molecular weight is 844 g/mol. The van der Waals surface area contributed by atoms with Gasteiger partial charge in [-0.15, -0.1) is 0 Å². The number of unbranched alkanes of at least 4 members (excludes halogenated alkanes) is 30. The highest BCUT2D eigenvalue weighted by Crippen LogP contribution is 2.18. The van der Waals surface area contributed by atoms with Crippen molar-refractivity contribution < 1.29 is 24.5 Å². The summed E-state index contributed by atoms with van der Waals surface area (Å²) in [7, 11) is 0. The Morgan fingerprint density at radius 1 is 0.483 bits per heavy atom. The summed E-state index contributed by atoms with van der Waals surface area (Å²) in [6, 6.07) is -0.704. The van der Waals surface area contributed by atoms with Gasteiger partial charge in [0, 0.05) is 6.42 Å². The van der Waals surface area contributed by atoms with Crippen LogP contribution in [0, 0.1) is 0 Å². The smallest absolute Gasteiger partial charge is 0.306 e. The summed E-state index contributed by atoms with van der Waals surface area (Å²) in [4.78, 5) is 26.1. The monoisotopic (exact) mass is 844 g/mol. The lowest BCUT2D eigenvalue weighted by Crippen LogP contribution is -2.46. The molecule has 0 heterocycles. The van der Waals surface area contributed by atoms with Gasteiger partial charge in [-0.05, 0) is 77.0 Å². The Morgan fingerprint density at radius 3 is 1.32 bits per heavy atom. The molecule has 0 fully saturated rings. The molecule has 6 nitrogen and oxygen atoms in total. The molecule has 3 N–H and O–H groups in total. The summed E-state index contributed by atoms with van der Waals surface area (Å²) in [6.07, 6.45) is 56.3. The number of esters is 1. The number of hydrogen-bond donors (Lipinski definition) is 3. The maximum absolute atomic E-state index is 13.2. The Bertz CT molecular complexity index is 993. The van der Waals surface area contributed by atoms with Gasteiger partial charge in [0.2, 0.25) is 5.91 Å². The van der Waals surface area contributed by atoms with Crippen molar-refractivity contribution in [2.75, 3.05) is 6.61 Å². The minimum atomic E-state index is -0.789. The van der Waals surface area contributed by atoms with E-state index in [1.54, 1.807) is 0 Å². The highest BCUT2D eigenvalue weighted by Gasteiger charge is 2.24. The van der Waals surface area contributed by atoms with Gasteiger partial charge in [-0.2, -0.15) is 0 Å². The normalized spacial score (nSPS) is 13.5. The van der Waals surface area contributed by atoms with Crippen LogP contribution >= 0.6 is 0 Å². The first kappa shape index (κ1) is 58.1. The van der Waals surface area contributed by atoms with Gasteiger partial charge in [-0.1, -0.05) is 218 Å². The molecule has 1 amide bonds. The van der Waals surface area contributed by atoms with E-state index in [9.17, 15) is 19.8 Å². The topological polar surface area (TPSA) is 95.9 Å². The van der Waals surface area contributed by atoms with Crippen molar-refractivity contribution in [3.05, 3.63) is 36.5 Å². The van der Waals surface area contributed by atoms with Crippen molar-refractivity contribution in [2.24, 2.45) is 0 Å². The molecule has 0 saturated heterocycles. The number of hydrogen-bond acceptors (Lipinski definition) is 5. The summed E-state index contributed by atoms with van der Waals surface area (Å²) < 4.78 is 5.93. The van der Waals surface area contributed by atoms with Crippen LogP contribution in [-0.2, 0) is 14.3 Å². The summed E-state index contributed by atoms with van der Waals surface area (Å²) in [6.45, 7) is 6.45. The molecule has 0 radical (unpaired) electrons. The van der Waals surface area contributed by atoms with E-state index in [-0.39, 0.29) is 24.9 Å². The molecule has 0 aliphatic heterocycles. The zero-order chi connectivity index (χ0) is 43.8. The van der Waals surface area contributed by atoms with Crippen LogP contribution in [0.4, 0.5) is 0 Å². The SMILES string of the molecule is CCCCC/C=C/C=C/CCCCCCCCC(=O)OC(CCCCCCC/C=C/CCCCCCCC)CC(=O)NC(CO)C(O)CCCCCCCCCCCCC. The van der Waals surface area contributed by atoms with Crippen molar-refractivity contribution in [3.63, 3.8) is 0 Å². The van der Waals surface area contributed by atoms with E-state index in [0.717, 1.165) is 70.6 Å². The molecule has 0 spiro atoms. The summed E-state index contributed by atoms with van der Waals surface area (Å²) in [5, 5.41) is 23.7. The Morgan fingerprint density at radius 2 is 0.850 bits per heavy atom. The molecule has 60 heavy (non-hydrogen) atoms. The van der Waals surface area contributed by atoms with E-state index >= 15 is 0 Å². The second-order valence-corrected chi connectivity index (χ2v) is 17.9. The van der Waals surface area contributed by atoms with Gasteiger partial charge in [0.15, 0.2) is 0 Å². The number of aliphatic hydroxyl groups excluding tert-OH is 2. The minimum Gasteiger partial charge on any atom is -0.462 e.